The second-order valence-electron chi connectivity index (χ2n) is 4.79. The highest BCUT2D eigenvalue weighted by Gasteiger charge is 2.24. The fourth-order valence-corrected chi connectivity index (χ4v) is 4.63. The van der Waals surface area contributed by atoms with E-state index in [1.807, 2.05) is 11.8 Å². The van der Waals surface area contributed by atoms with Crippen LogP contribution in [0, 0.1) is 0 Å². The maximum Gasteiger partial charge on any atom is 0.147 e. The Morgan fingerprint density at radius 3 is 2.15 bits per heavy atom. The minimum atomic E-state index is 0.348. The molecule has 0 aliphatic rings. The van der Waals surface area contributed by atoms with E-state index in [1.54, 1.807) is 7.11 Å². The van der Waals surface area contributed by atoms with Gasteiger partial charge in [-0.15, -0.1) is 0 Å². The molecule has 0 aliphatic carbocycles. The highest BCUT2D eigenvalue weighted by molar-refractivity contribution is 9.11. The summed E-state index contributed by atoms with van der Waals surface area (Å²) in [6, 6.07) is 4.21. The summed E-state index contributed by atoms with van der Waals surface area (Å²) < 4.78 is 7.63. The van der Waals surface area contributed by atoms with E-state index in [9.17, 15) is 0 Å². The zero-order chi connectivity index (χ0) is 15.2. The number of hydrogen-bond acceptors (Lipinski definition) is 3. The summed E-state index contributed by atoms with van der Waals surface area (Å²) in [5, 5.41) is 3.58. The molecule has 0 aromatic heterocycles. The molecule has 5 heteroatoms. The molecule has 0 atom stereocenters. The van der Waals surface area contributed by atoms with E-state index in [4.69, 9.17) is 4.74 Å². The number of hydrogen-bond donors (Lipinski definition) is 1. The average Bonchev–Trinajstić information content (AvgIpc) is 2.44. The molecule has 0 fully saturated rings. The van der Waals surface area contributed by atoms with Gasteiger partial charge in [-0.2, -0.15) is 11.8 Å². The van der Waals surface area contributed by atoms with Gasteiger partial charge in [-0.25, -0.2) is 0 Å². The minimum Gasteiger partial charge on any atom is -0.494 e. The zero-order valence-electron chi connectivity index (χ0n) is 12.6. The van der Waals surface area contributed by atoms with Crippen molar-refractivity contribution in [2.45, 2.75) is 38.0 Å². The molecular formula is C15H23Br2NOS. The van der Waals surface area contributed by atoms with Gasteiger partial charge in [0.25, 0.3) is 0 Å². The monoisotopic (exact) mass is 423 g/mol. The lowest BCUT2D eigenvalue weighted by Gasteiger charge is -2.30. The Morgan fingerprint density at radius 1 is 1.20 bits per heavy atom. The molecule has 0 aliphatic heterocycles. The number of rotatable bonds is 8. The van der Waals surface area contributed by atoms with Gasteiger partial charge in [-0.3, -0.25) is 0 Å². The number of halogens is 2. The van der Waals surface area contributed by atoms with Crippen molar-refractivity contribution in [2.75, 3.05) is 19.9 Å². The SMILES string of the molecule is CCC(CC)(CNCc1cc(Br)c(OC)c(Br)c1)SC. The fourth-order valence-electron chi connectivity index (χ4n) is 2.20. The van der Waals surface area contributed by atoms with Crippen LogP contribution in [0.2, 0.25) is 0 Å². The average molecular weight is 425 g/mol. The van der Waals surface area contributed by atoms with Crippen molar-refractivity contribution in [1.29, 1.82) is 0 Å². The van der Waals surface area contributed by atoms with Crippen molar-refractivity contribution in [2.24, 2.45) is 0 Å². The second kappa shape index (κ2) is 8.66. The van der Waals surface area contributed by atoms with E-state index in [0.717, 1.165) is 27.8 Å². The Hall–Kier alpha value is 0.290. The molecule has 0 amide bonds. The molecule has 0 unspecified atom stereocenters. The summed E-state index contributed by atoms with van der Waals surface area (Å²) in [4.78, 5) is 0. The Labute approximate surface area is 143 Å². The topological polar surface area (TPSA) is 21.3 Å². The fraction of sp³-hybridized carbons (Fsp3) is 0.600. The molecule has 2 nitrogen and oxygen atoms in total. The quantitative estimate of drug-likeness (QED) is 0.617. The van der Waals surface area contributed by atoms with Crippen LogP contribution in [0.3, 0.4) is 0 Å². The van der Waals surface area contributed by atoms with Crippen LogP contribution in [0.5, 0.6) is 5.75 Å². The molecule has 1 N–H and O–H groups in total. The molecule has 0 radical (unpaired) electrons. The molecule has 1 aromatic rings. The van der Waals surface area contributed by atoms with Crippen molar-refractivity contribution in [3.05, 3.63) is 26.6 Å². The summed E-state index contributed by atoms with van der Waals surface area (Å²) in [5.41, 5.74) is 1.24. The standard InChI is InChI=1S/C15H23Br2NOS/c1-5-15(6-2,20-4)10-18-9-11-7-12(16)14(19-3)13(17)8-11/h7-8,18H,5-6,9-10H2,1-4H3. The van der Waals surface area contributed by atoms with Gasteiger partial charge < -0.3 is 10.1 Å². The van der Waals surface area contributed by atoms with Crippen LogP contribution in [-0.2, 0) is 6.54 Å². The maximum atomic E-state index is 5.32. The number of thioether (sulfide) groups is 1. The van der Waals surface area contributed by atoms with Crippen LogP contribution in [0.15, 0.2) is 21.1 Å². The molecule has 0 bridgehead atoms. The first-order chi connectivity index (χ1) is 9.51. The van der Waals surface area contributed by atoms with Gasteiger partial charge in [-0.05, 0) is 68.7 Å². The van der Waals surface area contributed by atoms with Crippen molar-refractivity contribution in [3.8, 4) is 5.75 Å². The van der Waals surface area contributed by atoms with Gasteiger partial charge in [0, 0.05) is 17.8 Å². The number of nitrogens with one attached hydrogen (secondary N) is 1. The predicted molar refractivity (Wildman–Crippen MR) is 96.9 cm³/mol. The second-order valence-corrected chi connectivity index (χ2v) is 7.77. The number of ether oxygens (including phenoxy) is 1. The van der Waals surface area contributed by atoms with Crippen molar-refractivity contribution < 1.29 is 4.74 Å². The first-order valence-corrected chi connectivity index (χ1v) is 9.60. The lowest BCUT2D eigenvalue weighted by atomic mass is 10.0. The van der Waals surface area contributed by atoms with Crippen molar-refractivity contribution in [1.82, 2.24) is 5.32 Å². The lowest BCUT2D eigenvalue weighted by Crippen LogP contribution is -2.36. The molecule has 20 heavy (non-hydrogen) atoms. The van der Waals surface area contributed by atoms with Gasteiger partial charge in [0.2, 0.25) is 0 Å². The van der Waals surface area contributed by atoms with Gasteiger partial charge in [-0.1, -0.05) is 13.8 Å². The summed E-state index contributed by atoms with van der Waals surface area (Å²) in [6.07, 6.45) is 4.58. The van der Waals surface area contributed by atoms with Crippen LogP contribution < -0.4 is 10.1 Å². The molecule has 1 rings (SSSR count). The Balaban J connectivity index is 2.67. The third-order valence-corrected chi connectivity index (χ3v) is 6.53. The first kappa shape index (κ1) is 18.3. The summed E-state index contributed by atoms with van der Waals surface area (Å²) >= 11 is 9.05. The van der Waals surface area contributed by atoms with Gasteiger partial charge in [0.15, 0.2) is 0 Å². The largest absolute Gasteiger partial charge is 0.494 e. The molecule has 0 spiro atoms. The third kappa shape index (κ3) is 4.65. The normalized spacial score (nSPS) is 11.7. The van der Waals surface area contributed by atoms with Crippen LogP contribution >= 0.6 is 43.6 Å². The summed E-state index contributed by atoms with van der Waals surface area (Å²) in [5.74, 6) is 0.842. The highest BCUT2D eigenvalue weighted by atomic mass is 79.9. The van der Waals surface area contributed by atoms with Crippen LogP contribution in [0.25, 0.3) is 0 Å². The Bertz CT molecular complexity index is 405. The van der Waals surface area contributed by atoms with E-state index >= 15 is 0 Å². The Morgan fingerprint density at radius 2 is 1.75 bits per heavy atom. The minimum absolute atomic E-state index is 0.348. The molecule has 0 saturated carbocycles. The predicted octanol–water partition coefficient (Wildman–Crippen LogP) is 5.23. The number of benzene rings is 1. The van der Waals surface area contributed by atoms with E-state index in [2.05, 4.69) is 69.4 Å². The van der Waals surface area contributed by atoms with E-state index in [1.165, 1.54) is 18.4 Å². The van der Waals surface area contributed by atoms with Gasteiger partial charge in [0.05, 0.1) is 16.1 Å². The van der Waals surface area contributed by atoms with Gasteiger partial charge in [0.1, 0.15) is 5.75 Å². The van der Waals surface area contributed by atoms with E-state index < -0.39 is 0 Å². The van der Waals surface area contributed by atoms with Gasteiger partial charge >= 0.3 is 0 Å². The number of methoxy groups -OCH3 is 1. The molecule has 0 saturated heterocycles. The highest BCUT2D eigenvalue weighted by Crippen LogP contribution is 2.34. The molecule has 1 aromatic carbocycles. The summed E-state index contributed by atoms with van der Waals surface area (Å²) in [6.45, 7) is 6.43. The molecule has 114 valence electrons. The maximum absolute atomic E-state index is 5.32. The third-order valence-electron chi connectivity index (χ3n) is 3.76. The first-order valence-electron chi connectivity index (χ1n) is 6.79. The van der Waals surface area contributed by atoms with Crippen molar-refractivity contribution >= 4 is 43.6 Å². The molecule has 0 heterocycles. The Kier molecular flexibility index (Phi) is 7.95. The van der Waals surface area contributed by atoms with E-state index in [0.29, 0.717) is 4.75 Å². The molecular weight excluding hydrogens is 402 g/mol. The lowest BCUT2D eigenvalue weighted by molar-refractivity contribution is 0.409. The van der Waals surface area contributed by atoms with Crippen molar-refractivity contribution in [3.63, 3.8) is 0 Å². The zero-order valence-corrected chi connectivity index (χ0v) is 16.5. The van der Waals surface area contributed by atoms with Crippen LogP contribution in [0.1, 0.15) is 32.3 Å². The van der Waals surface area contributed by atoms with Crippen LogP contribution in [0.4, 0.5) is 0 Å². The van der Waals surface area contributed by atoms with E-state index in [-0.39, 0.29) is 0 Å². The van der Waals surface area contributed by atoms with Crippen LogP contribution in [-0.4, -0.2) is 24.7 Å². The smallest absolute Gasteiger partial charge is 0.147 e. The summed E-state index contributed by atoms with van der Waals surface area (Å²) in [7, 11) is 1.68.